The standard InChI is InChI=1S/C15H20N2O5/c1-15(2,3)22-14(21)17-11(13(19)20)8-9-5-4-6-10(7-9)12(16)18/h4-7,11H,8H2,1-3H3,(H2,16,18)(H,17,21)(H,19,20)/t11-/m0/s1. The second-order valence-corrected chi connectivity index (χ2v) is 5.81. The van der Waals surface area contributed by atoms with E-state index in [4.69, 9.17) is 10.5 Å². The molecule has 1 aromatic rings. The highest BCUT2D eigenvalue weighted by molar-refractivity contribution is 5.93. The van der Waals surface area contributed by atoms with E-state index in [1.165, 1.54) is 12.1 Å². The summed E-state index contributed by atoms with van der Waals surface area (Å²) in [6.07, 6.45) is -0.804. The van der Waals surface area contributed by atoms with Crippen LogP contribution in [0.5, 0.6) is 0 Å². The van der Waals surface area contributed by atoms with Gasteiger partial charge in [-0.15, -0.1) is 0 Å². The summed E-state index contributed by atoms with van der Waals surface area (Å²) in [5, 5.41) is 11.5. The molecule has 7 heteroatoms. The minimum absolute atomic E-state index is 0.00962. The number of carboxylic acid groups (broad SMARTS) is 1. The maximum Gasteiger partial charge on any atom is 0.408 e. The minimum Gasteiger partial charge on any atom is -0.480 e. The third kappa shape index (κ3) is 5.82. The number of primary amides is 1. The van der Waals surface area contributed by atoms with Gasteiger partial charge in [0.05, 0.1) is 0 Å². The number of nitrogens with two attached hydrogens (primary N) is 1. The van der Waals surface area contributed by atoms with E-state index in [0.717, 1.165) is 0 Å². The summed E-state index contributed by atoms with van der Waals surface area (Å²) in [5.41, 5.74) is 5.30. The number of hydrogen-bond acceptors (Lipinski definition) is 4. The molecule has 1 atom stereocenters. The molecule has 1 rings (SSSR count). The molecule has 0 saturated heterocycles. The second-order valence-electron chi connectivity index (χ2n) is 5.81. The van der Waals surface area contributed by atoms with Gasteiger partial charge < -0.3 is 20.9 Å². The molecule has 22 heavy (non-hydrogen) atoms. The number of carboxylic acids is 1. The van der Waals surface area contributed by atoms with Crippen molar-refractivity contribution in [3.8, 4) is 0 Å². The van der Waals surface area contributed by atoms with Crippen molar-refractivity contribution in [1.29, 1.82) is 0 Å². The molecule has 0 fully saturated rings. The first-order valence-electron chi connectivity index (χ1n) is 6.69. The highest BCUT2D eigenvalue weighted by Gasteiger charge is 2.24. The molecule has 0 saturated carbocycles. The van der Waals surface area contributed by atoms with Crippen molar-refractivity contribution in [2.24, 2.45) is 5.73 Å². The first kappa shape index (κ1) is 17.5. The summed E-state index contributed by atoms with van der Waals surface area (Å²) in [7, 11) is 0. The molecule has 4 N–H and O–H groups in total. The SMILES string of the molecule is CC(C)(C)OC(=O)N[C@@H](Cc1cccc(C(N)=O)c1)C(=O)O. The smallest absolute Gasteiger partial charge is 0.408 e. The predicted molar refractivity (Wildman–Crippen MR) is 79.5 cm³/mol. The van der Waals surface area contributed by atoms with Crippen molar-refractivity contribution in [3.63, 3.8) is 0 Å². The van der Waals surface area contributed by atoms with Gasteiger partial charge in [-0.05, 0) is 38.5 Å². The average Bonchev–Trinajstić information content (AvgIpc) is 2.35. The monoisotopic (exact) mass is 308 g/mol. The molecule has 0 aliphatic carbocycles. The Morgan fingerprint density at radius 3 is 2.45 bits per heavy atom. The van der Waals surface area contributed by atoms with Gasteiger partial charge in [-0.1, -0.05) is 12.1 Å². The van der Waals surface area contributed by atoms with Crippen molar-refractivity contribution in [3.05, 3.63) is 35.4 Å². The van der Waals surface area contributed by atoms with Gasteiger partial charge in [-0.3, -0.25) is 4.79 Å². The van der Waals surface area contributed by atoms with E-state index in [1.807, 2.05) is 0 Å². The lowest BCUT2D eigenvalue weighted by atomic mass is 10.0. The summed E-state index contributed by atoms with van der Waals surface area (Å²) in [6, 6.07) is 5.11. The Hall–Kier alpha value is -2.57. The van der Waals surface area contributed by atoms with Gasteiger partial charge in [-0.2, -0.15) is 0 Å². The van der Waals surface area contributed by atoms with E-state index >= 15 is 0 Å². The molecule has 0 radical (unpaired) electrons. The number of aliphatic carboxylic acids is 1. The van der Waals surface area contributed by atoms with E-state index in [9.17, 15) is 19.5 Å². The lowest BCUT2D eigenvalue weighted by molar-refractivity contribution is -0.139. The zero-order chi connectivity index (χ0) is 16.9. The molecule has 0 aliphatic rings. The average molecular weight is 308 g/mol. The third-order valence-corrected chi connectivity index (χ3v) is 2.64. The largest absolute Gasteiger partial charge is 0.480 e. The number of carbonyl (C=O) groups excluding carboxylic acids is 2. The second kappa shape index (κ2) is 6.93. The van der Waals surface area contributed by atoms with Crippen LogP contribution in [0.25, 0.3) is 0 Å². The Kier molecular flexibility index (Phi) is 5.50. The Bertz CT molecular complexity index is 578. The fourth-order valence-corrected chi connectivity index (χ4v) is 1.74. The number of rotatable bonds is 5. The van der Waals surface area contributed by atoms with E-state index in [1.54, 1.807) is 32.9 Å². The molecule has 7 nitrogen and oxygen atoms in total. The highest BCUT2D eigenvalue weighted by Crippen LogP contribution is 2.10. The summed E-state index contributed by atoms with van der Waals surface area (Å²) in [5.74, 6) is -1.80. The molecule has 0 aliphatic heterocycles. The Morgan fingerprint density at radius 1 is 1.32 bits per heavy atom. The van der Waals surface area contributed by atoms with Crippen LogP contribution in [0, 0.1) is 0 Å². The lowest BCUT2D eigenvalue weighted by Crippen LogP contribution is -2.44. The van der Waals surface area contributed by atoms with Crippen LogP contribution in [0.3, 0.4) is 0 Å². The molecule has 0 aromatic heterocycles. The van der Waals surface area contributed by atoms with Crippen LogP contribution in [-0.4, -0.2) is 34.7 Å². The predicted octanol–water partition coefficient (Wildman–Crippen LogP) is 1.31. The van der Waals surface area contributed by atoms with Gasteiger partial charge in [0.25, 0.3) is 0 Å². The van der Waals surface area contributed by atoms with Gasteiger partial charge in [0.1, 0.15) is 11.6 Å². The highest BCUT2D eigenvalue weighted by atomic mass is 16.6. The minimum atomic E-state index is -1.20. The Morgan fingerprint density at radius 2 is 1.95 bits per heavy atom. The summed E-state index contributed by atoms with van der Waals surface area (Å²) >= 11 is 0. The number of amides is 2. The maximum atomic E-state index is 11.7. The van der Waals surface area contributed by atoms with Gasteiger partial charge in [0.15, 0.2) is 0 Å². The van der Waals surface area contributed by atoms with E-state index in [-0.39, 0.29) is 12.0 Å². The molecule has 0 spiro atoms. The van der Waals surface area contributed by atoms with Gasteiger partial charge in [0.2, 0.25) is 5.91 Å². The number of carbonyl (C=O) groups is 3. The van der Waals surface area contributed by atoms with Crippen molar-refractivity contribution >= 4 is 18.0 Å². The summed E-state index contributed by atoms with van der Waals surface area (Å²) < 4.78 is 5.03. The quantitative estimate of drug-likeness (QED) is 0.757. The molecule has 0 heterocycles. The molecule has 2 amide bonds. The molecular formula is C15H20N2O5. The normalized spacial score (nSPS) is 12.3. The summed E-state index contributed by atoms with van der Waals surface area (Å²) in [6.45, 7) is 5.04. The van der Waals surface area contributed by atoms with Crippen LogP contribution in [0.2, 0.25) is 0 Å². The van der Waals surface area contributed by atoms with Crippen molar-refractivity contribution in [1.82, 2.24) is 5.32 Å². The zero-order valence-electron chi connectivity index (χ0n) is 12.8. The van der Waals surface area contributed by atoms with Gasteiger partial charge in [-0.25, -0.2) is 9.59 Å². The number of nitrogens with one attached hydrogen (secondary N) is 1. The zero-order valence-corrected chi connectivity index (χ0v) is 12.8. The number of benzene rings is 1. The summed E-state index contributed by atoms with van der Waals surface area (Å²) in [4.78, 5) is 34.1. The van der Waals surface area contributed by atoms with Crippen molar-refractivity contribution in [2.75, 3.05) is 0 Å². The fourth-order valence-electron chi connectivity index (χ4n) is 1.74. The van der Waals surface area contributed by atoms with Crippen LogP contribution in [0.15, 0.2) is 24.3 Å². The van der Waals surface area contributed by atoms with Gasteiger partial charge in [0, 0.05) is 12.0 Å². The van der Waals surface area contributed by atoms with Crippen LogP contribution >= 0.6 is 0 Å². The van der Waals surface area contributed by atoms with Crippen LogP contribution < -0.4 is 11.1 Å². The molecule has 120 valence electrons. The first-order chi connectivity index (χ1) is 10.1. The number of alkyl carbamates (subject to hydrolysis) is 1. The lowest BCUT2D eigenvalue weighted by Gasteiger charge is -2.22. The third-order valence-electron chi connectivity index (χ3n) is 2.64. The topological polar surface area (TPSA) is 119 Å². The first-order valence-corrected chi connectivity index (χ1v) is 6.69. The van der Waals surface area contributed by atoms with Crippen LogP contribution in [0.4, 0.5) is 4.79 Å². The fraction of sp³-hybridized carbons (Fsp3) is 0.400. The number of ether oxygens (including phenoxy) is 1. The maximum absolute atomic E-state index is 11.7. The van der Waals surface area contributed by atoms with E-state index < -0.39 is 29.6 Å². The molecule has 0 bridgehead atoms. The van der Waals surface area contributed by atoms with E-state index in [2.05, 4.69) is 5.32 Å². The van der Waals surface area contributed by atoms with Gasteiger partial charge >= 0.3 is 12.1 Å². The van der Waals surface area contributed by atoms with Crippen LogP contribution in [-0.2, 0) is 16.0 Å². The van der Waals surface area contributed by atoms with Crippen molar-refractivity contribution < 1.29 is 24.2 Å². The molecular weight excluding hydrogens is 288 g/mol. The Balaban J connectivity index is 2.81. The Labute approximate surface area is 128 Å². The molecule has 0 unspecified atom stereocenters. The van der Waals surface area contributed by atoms with Crippen molar-refractivity contribution in [2.45, 2.75) is 38.8 Å². The molecule has 1 aromatic carbocycles. The van der Waals surface area contributed by atoms with E-state index in [0.29, 0.717) is 5.56 Å². The number of hydrogen-bond donors (Lipinski definition) is 3. The van der Waals surface area contributed by atoms with Crippen LogP contribution in [0.1, 0.15) is 36.7 Å².